The number of hydrogen-bond donors (Lipinski definition) is 0. The molecule has 2 saturated heterocycles. The summed E-state index contributed by atoms with van der Waals surface area (Å²) in [5, 5.41) is 0. The van der Waals surface area contributed by atoms with Crippen LogP contribution < -0.4 is 14.5 Å². The normalized spacial score (nSPS) is 20.7. The van der Waals surface area contributed by atoms with Gasteiger partial charge >= 0.3 is 0 Å². The van der Waals surface area contributed by atoms with Crippen molar-refractivity contribution in [2.45, 2.75) is 12.5 Å². The number of ether oxygens (including phenoxy) is 1. The Kier molecular flexibility index (Phi) is 5.00. The summed E-state index contributed by atoms with van der Waals surface area (Å²) in [5.41, 5.74) is 1.14. The van der Waals surface area contributed by atoms with Crippen LogP contribution in [0, 0.1) is 5.82 Å². The summed E-state index contributed by atoms with van der Waals surface area (Å²) >= 11 is 0. The van der Waals surface area contributed by atoms with Crippen LogP contribution in [0.25, 0.3) is 0 Å². The molecular weight excluding hydrogens is 361 g/mol. The van der Waals surface area contributed by atoms with E-state index >= 15 is 0 Å². The van der Waals surface area contributed by atoms with Gasteiger partial charge in [-0.25, -0.2) is 9.29 Å². The number of methoxy groups -OCH3 is 1. The van der Waals surface area contributed by atoms with Crippen LogP contribution in [-0.2, 0) is 9.59 Å². The van der Waals surface area contributed by atoms with Gasteiger partial charge in [0.25, 0.3) is 5.91 Å². The molecule has 0 saturated carbocycles. The van der Waals surface area contributed by atoms with Crippen LogP contribution in [0.15, 0.2) is 48.5 Å². The molecule has 2 aliphatic rings. The van der Waals surface area contributed by atoms with Crippen molar-refractivity contribution in [3.8, 4) is 5.75 Å². The second kappa shape index (κ2) is 7.59. The Balaban J connectivity index is 1.43. The molecule has 0 spiro atoms. The largest absolute Gasteiger partial charge is 0.497 e. The molecule has 0 aromatic heterocycles. The fourth-order valence-electron chi connectivity index (χ4n) is 3.87. The molecule has 0 N–H and O–H groups in total. The first-order chi connectivity index (χ1) is 13.6. The lowest BCUT2D eigenvalue weighted by atomic mass is 10.1. The van der Waals surface area contributed by atoms with Gasteiger partial charge in [0.15, 0.2) is 0 Å². The number of carbonyl (C=O) groups excluding carboxylic acids is 2. The van der Waals surface area contributed by atoms with E-state index in [1.54, 1.807) is 19.2 Å². The Hall–Kier alpha value is -2.93. The number of halogens is 1. The van der Waals surface area contributed by atoms with E-state index in [0.717, 1.165) is 29.4 Å². The molecule has 0 aliphatic carbocycles. The van der Waals surface area contributed by atoms with Crippen molar-refractivity contribution in [1.82, 2.24) is 4.90 Å². The van der Waals surface area contributed by atoms with Crippen LogP contribution in [-0.4, -0.2) is 56.0 Å². The van der Waals surface area contributed by atoms with Crippen LogP contribution >= 0.6 is 0 Å². The monoisotopic (exact) mass is 383 g/mol. The van der Waals surface area contributed by atoms with E-state index < -0.39 is 11.9 Å². The van der Waals surface area contributed by atoms with Gasteiger partial charge in [0.05, 0.1) is 25.3 Å². The SMILES string of the molecule is COc1ccc(N2CCN([C@H]3CC(=O)N(c4ccccc4F)C3=O)CC2)cc1. The van der Waals surface area contributed by atoms with Crippen LogP contribution in [0.2, 0.25) is 0 Å². The van der Waals surface area contributed by atoms with Crippen LogP contribution in [0.5, 0.6) is 5.75 Å². The predicted octanol–water partition coefficient (Wildman–Crippen LogP) is 2.29. The van der Waals surface area contributed by atoms with Gasteiger partial charge in [-0.1, -0.05) is 12.1 Å². The number of benzene rings is 2. The third-order valence-corrected chi connectivity index (χ3v) is 5.41. The van der Waals surface area contributed by atoms with Gasteiger partial charge < -0.3 is 9.64 Å². The Morgan fingerprint density at radius 1 is 0.964 bits per heavy atom. The van der Waals surface area contributed by atoms with Crippen molar-refractivity contribution in [2.75, 3.05) is 43.1 Å². The molecule has 0 radical (unpaired) electrons. The molecule has 0 unspecified atom stereocenters. The number of nitrogens with zero attached hydrogens (tertiary/aromatic N) is 3. The molecule has 2 aliphatic heterocycles. The highest BCUT2D eigenvalue weighted by molar-refractivity contribution is 6.22. The van der Waals surface area contributed by atoms with Crippen molar-refractivity contribution >= 4 is 23.2 Å². The fourth-order valence-corrected chi connectivity index (χ4v) is 3.87. The Morgan fingerprint density at radius 2 is 1.64 bits per heavy atom. The minimum absolute atomic E-state index is 0.0388. The first-order valence-corrected chi connectivity index (χ1v) is 9.33. The van der Waals surface area contributed by atoms with Crippen molar-refractivity contribution < 1.29 is 18.7 Å². The van der Waals surface area contributed by atoms with Crippen LogP contribution in [0.3, 0.4) is 0 Å². The number of hydrogen-bond acceptors (Lipinski definition) is 5. The average molecular weight is 383 g/mol. The minimum atomic E-state index is -0.561. The zero-order chi connectivity index (χ0) is 19.7. The Morgan fingerprint density at radius 3 is 2.29 bits per heavy atom. The standard InChI is InChI=1S/C21H22FN3O3/c1-28-16-8-6-15(7-9-16)23-10-12-24(13-11-23)19-14-20(26)25(21(19)27)18-5-3-2-4-17(18)22/h2-9,19H,10-14H2,1H3/t19-/m0/s1. The van der Waals surface area contributed by atoms with Gasteiger partial charge in [0, 0.05) is 31.9 Å². The maximum absolute atomic E-state index is 14.1. The number of piperazine rings is 1. The van der Waals surface area contributed by atoms with E-state index in [2.05, 4.69) is 4.90 Å². The second-order valence-electron chi connectivity index (χ2n) is 6.96. The lowest BCUT2D eigenvalue weighted by Crippen LogP contribution is -2.52. The van der Waals surface area contributed by atoms with E-state index in [0.29, 0.717) is 13.1 Å². The van der Waals surface area contributed by atoms with E-state index in [9.17, 15) is 14.0 Å². The van der Waals surface area contributed by atoms with Gasteiger partial charge in [-0.2, -0.15) is 0 Å². The highest BCUT2D eigenvalue weighted by atomic mass is 19.1. The molecule has 2 fully saturated rings. The highest BCUT2D eigenvalue weighted by Gasteiger charge is 2.44. The summed E-state index contributed by atoms with van der Waals surface area (Å²) in [7, 11) is 1.64. The molecule has 6 nitrogen and oxygen atoms in total. The molecule has 146 valence electrons. The number of amides is 2. The molecule has 2 aromatic carbocycles. The number of para-hydroxylation sites is 1. The average Bonchev–Trinajstić information content (AvgIpc) is 3.03. The molecular formula is C21H22FN3O3. The van der Waals surface area contributed by atoms with Crippen molar-refractivity contribution in [2.24, 2.45) is 0 Å². The Labute approximate surface area is 163 Å². The molecule has 28 heavy (non-hydrogen) atoms. The quantitative estimate of drug-likeness (QED) is 0.759. The summed E-state index contributed by atoms with van der Waals surface area (Å²) in [4.78, 5) is 30.6. The third kappa shape index (κ3) is 3.33. The zero-order valence-electron chi connectivity index (χ0n) is 15.7. The molecule has 2 heterocycles. The fraction of sp³-hybridized carbons (Fsp3) is 0.333. The predicted molar refractivity (Wildman–Crippen MR) is 104 cm³/mol. The van der Waals surface area contributed by atoms with E-state index in [4.69, 9.17) is 4.74 Å². The maximum Gasteiger partial charge on any atom is 0.251 e. The summed E-state index contributed by atoms with van der Waals surface area (Å²) in [6.07, 6.45) is 0.0930. The summed E-state index contributed by atoms with van der Waals surface area (Å²) in [6, 6.07) is 13.2. The number of imide groups is 1. The van der Waals surface area contributed by atoms with E-state index in [-0.39, 0.29) is 23.9 Å². The lowest BCUT2D eigenvalue weighted by Gasteiger charge is -2.38. The molecule has 7 heteroatoms. The van der Waals surface area contributed by atoms with Gasteiger partial charge in [0.1, 0.15) is 11.6 Å². The van der Waals surface area contributed by atoms with Crippen molar-refractivity contribution in [3.05, 3.63) is 54.3 Å². The van der Waals surface area contributed by atoms with Crippen molar-refractivity contribution in [1.29, 1.82) is 0 Å². The smallest absolute Gasteiger partial charge is 0.251 e. The molecule has 1 atom stereocenters. The van der Waals surface area contributed by atoms with Crippen LogP contribution in [0.4, 0.5) is 15.8 Å². The summed E-state index contributed by atoms with van der Waals surface area (Å²) in [5.74, 6) is -0.439. The van der Waals surface area contributed by atoms with Crippen LogP contribution in [0.1, 0.15) is 6.42 Å². The zero-order valence-corrected chi connectivity index (χ0v) is 15.7. The van der Waals surface area contributed by atoms with Gasteiger partial charge in [-0.15, -0.1) is 0 Å². The van der Waals surface area contributed by atoms with Gasteiger partial charge in [0.2, 0.25) is 5.91 Å². The maximum atomic E-state index is 14.1. The van der Waals surface area contributed by atoms with Crippen molar-refractivity contribution in [3.63, 3.8) is 0 Å². The van der Waals surface area contributed by atoms with E-state index in [1.807, 2.05) is 29.2 Å². The van der Waals surface area contributed by atoms with Gasteiger partial charge in [-0.05, 0) is 36.4 Å². The molecule has 2 aromatic rings. The second-order valence-corrected chi connectivity index (χ2v) is 6.96. The Bertz CT molecular complexity index is 879. The first-order valence-electron chi connectivity index (χ1n) is 9.33. The third-order valence-electron chi connectivity index (χ3n) is 5.41. The highest BCUT2D eigenvalue weighted by Crippen LogP contribution is 2.29. The number of carbonyl (C=O) groups is 2. The van der Waals surface area contributed by atoms with E-state index in [1.165, 1.54) is 12.1 Å². The number of rotatable bonds is 4. The molecule has 0 bridgehead atoms. The van der Waals surface area contributed by atoms with Gasteiger partial charge in [-0.3, -0.25) is 14.5 Å². The summed E-state index contributed by atoms with van der Waals surface area (Å²) in [6.45, 7) is 2.84. The summed E-state index contributed by atoms with van der Waals surface area (Å²) < 4.78 is 19.3. The number of anilines is 2. The lowest BCUT2D eigenvalue weighted by molar-refractivity contribution is -0.123. The molecule has 4 rings (SSSR count). The minimum Gasteiger partial charge on any atom is -0.497 e. The molecule has 2 amide bonds. The first kappa shape index (κ1) is 18.4. The topological polar surface area (TPSA) is 53.1 Å².